The maximum atomic E-state index is 13.6. The minimum absolute atomic E-state index is 0.00672. The molecule has 0 aliphatic heterocycles. The maximum Gasteiger partial charge on any atom is 0.435 e. The first-order chi connectivity index (χ1) is 12.7. The van der Waals surface area contributed by atoms with Gasteiger partial charge >= 0.3 is 6.18 Å². The first-order valence-electron chi connectivity index (χ1n) is 8.17. The van der Waals surface area contributed by atoms with Gasteiger partial charge in [-0.05, 0) is 43.5 Å². The van der Waals surface area contributed by atoms with Crippen molar-refractivity contribution < 1.29 is 22.4 Å². The molecule has 1 amide bonds. The number of carbonyl (C=O) groups excluding carboxylic acids is 1. The SMILES string of the molecule is O=C(NC(Cc1cc(C(F)(F)F)n[nH]1)=NC1CCC1)c1ccc(Cl)c(F)c1. The van der Waals surface area contributed by atoms with E-state index < -0.39 is 23.6 Å². The molecule has 144 valence electrons. The fourth-order valence-electron chi connectivity index (χ4n) is 2.48. The Morgan fingerprint density at radius 2 is 2.07 bits per heavy atom. The second-order valence-corrected chi connectivity index (χ2v) is 6.60. The molecule has 0 unspecified atom stereocenters. The number of rotatable bonds is 4. The first-order valence-corrected chi connectivity index (χ1v) is 8.55. The number of alkyl halides is 3. The lowest BCUT2D eigenvalue weighted by Gasteiger charge is -2.22. The van der Waals surface area contributed by atoms with Crippen LogP contribution in [0.1, 0.15) is 41.0 Å². The van der Waals surface area contributed by atoms with Crippen molar-refractivity contribution in [3.05, 3.63) is 52.1 Å². The van der Waals surface area contributed by atoms with Crippen LogP contribution in [-0.4, -0.2) is 28.0 Å². The molecule has 0 saturated heterocycles. The summed E-state index contributed by atoms with van der Waals surface area (Å²) >= 11 is 5.60. The van der Waals surface area contributed by atoms with Crippen LogP contribution in [0.5, 0.6) is 0 Å². The number of amides is 1. The largest absolute Gasteiger partial charge is 0.435 e. The molecule has 3 rings (SSSR count). The lowest BCUT2D eigenvalue weighted by Crippen LogP contribution is -2.34. The smallest absolute Gasteiger partial charge is 0.310 e. The van der Waals surface area contributed by atoms with Gasteiger partial charge in [0, 0.05) is 17.7 Å². The molecule has 0 atom stereocenters. The number of hydrogen-bond donors (Lipinski definition) is 2. The first kappa shape index (κ1) is 19.3. The highest BCUT2D eigenvalue weighted by Crippen LogP contribution is 2.28. The number of aromatic nitrogens is 2. The molecule has 0 spiro atoms. The van der Waals surface area contributed by atoms with Gasteiger partial charge in [-0.2, -0.15) is 18.3 Å². The molecule has 2 N–H and O–H groups in total. The van der Waals surface area contributed by atoms with Crippen molar-refractivity contribution in [3.8, 4) is 0 Å². The van der Waals surface area contributed by atoms with Crippen molar-refractivity contribution in [2.45, 2.75) is 37.9 Å². The van der Waals surface area contributed by atoms with Gasteiger partial charge in [0.25, 0.3) is 5.91 Å². The lowest BCUT2D eigenvalue weighted by molar-refractivity contribution is -0.141. The van der Waals surface area contributed by atoms with E-state index in [1.165, 1.54) is 12.1 Å². The van der Waals surface area contributed by atoms with Crippen LogP contribution in [0.15, 0.2) is 29.3 Å². The highest BCUT2D eigenvalue weighted by Gasteiger charge is 2.34. The normalized spacial score (nSPS) is 15.5. The summed E-state index contributed by atoms with van der Waals surface area (Å²) in [5.74, 6) is -1.18. The highest BCUT2D eigenvalue weighted by molar-refractivity contribution is 6.30. The summed E-state index contributed by atoms with van der Waals surface area (Å²) in [5, 5.41) is 7.96. The summed E-state index contributed by atoms with van der Waals surface area (Å²) in [6, 6.07) is 4.45. The molecule has 0 bridgehead atoms. The van der Waals surface area contributed by atoms with E-state index in [0.717, 1.165) is 31.4 Å². The molecule has 10 heteroatoms. The van der Waals surface area contributed by atoms with E-state index in [-0.39, 0.29) is 34.6 Å². The molecule has 1 aliphatic carbocycles. The van der Waals surface area contributed by atoms with Crippen LogP contribution in [0.2, 0.25) is 5.02 Å². The van der Waals surface area contributed by atoms with E-state index in [0.29, 0.717) is 0 Å². The number of nitrogens with zero attached hydrogens (tertiary/aromatic N) is 2. The summed E-state index contributed by atoms with van der Waals surface area (Å²) < 4.78 is 51.6. The van der Waals surface area contributed by atoms with Crippen molar-refractivity contribution in [1.82, 2.24) is 15.5 Å². The number of benzene rings is 1. The van der Waals surface area contributed by atoms with Crippen LogP contribution >= 0.6 is 11.6 Å². The van der Waals surface area contributed by atoms with E-state index in [2.05, 4.69) is 20.5 Å². The molecule has 5 nitrogen and oxygen atoms in total. The van der Waals surface area contributed by atoms with Gasteiger partial charge in [-0.1, -0.05) is 11.6 Å². The summed E-state index contributed by atoms with van der Waals surface area (Å²) in [5.41, 5.74) is -0.867. The third-order valence-electron chi connectivity index (χ3n) is 4.13. The van der Waals surface area contributed by atoms with Crippen LogP contribution in [0.3, 0.4) is 0 Å². The average Bonchev–Trinajstić information content (AvgIpc) is 3.02. The van der Waals surface area contributed by atoms with Crippen LogP contribution in [0.4, 0.5) is 17.6 Å². The van der Waals surface area contributed by atoms with E-state index in [9.17, 15) is 22.4 Å². The van der Waals surface area contributed by atoms with Gasteiger partial charge in [0.05, 0.1) is 11.1 Å². The molecule has 2 aromatic rings. The topological polar surface area (TPSA) is 70.1 Å². The Labute approximate surface area is 156 Å². The van der Waals surface area contributed by atoms with Crippen LogP contribution in [0.25, 0.3) is 0 Å². The number of aliphatic imine (C=N–C) groups is 1. The number of aromatic amines is 1. The molecule has 1 aromatic carbocycles. The summed E-state index contributed by atoms with van der Waals surface area (Å²) in [7, 11) is 0. The Kier molecular flexibility index (Phi) is 5.50. The van der Waals surface area contributed by atoms with Gasteiger partial charge in [-0.15, -0.1) is 0 Å². The van der Waals surface area contributed by atoms with E-state index >= 15 is 0 Å². The van der Waals surface area contributed by atoms with Crippen molar-refractivity contribution in [3.63, 3.8) is 0 Å². The molecule has 1 saturated carbocycles. The monoisotopic (exact) mass is 402 g/mol. The fraction of sp³-hybridized carbons (Fsp3) is 0.353. The zero-order valence-corrected chi connectivity index (χ0v) is 14.7. The lowest BCUT2D eigenvalue weighted by atomic mass is 9.94. The van der Waals surface area contributed by atoms with Gasteiger partial charge < -0.3 is 5.32 Å². The molecule has 1 heterocycles. The van der Waals surface area contributed by atoms with Crippen molar-refractivity contribution in [2.24, 2.45) is 4.99 Å². The summed E-state index contributed by atoms with van der Waals surface area (Å²) in [6.45, 7) is 0. The van der Waals surface area contributed by atoms with E-state index in [1.54, 1.807) is 0 Å². The molecule has 0 radical (unpaired) electrons. The minimum Gasteiger partial charge on any atom is -0.310 e. The Balaban J connectivity index is 1.77. The number of halogens is 5. The number of H-pyrrole nitrogens is 1. The number of nitrogens with one attached hydrogen (secondary N) is 2. The number of hydrogen-bond acceptors (Lipinski definition) is 3. The Hall–Kier alpha value is -2.42. The second-order valence-electron chi connectivity index (χ2n) is 6.20. The zero-order valence-electron chi connectivity index (χ0n) is 13.9. The Morgan fingerprint density at radius 3 is 2.63 bits per heavy atom. The molecule has 27 heavy (non-hydrogen) atoms. The van der Waals surface area contributed by atoms with Crippen LogP contribution in [0, 0.1) is 5.82 Å². The number of amidine groups is 1. The van der Waals surface area contributed by atoms with Crippen molar-refractivity contribution in [1.29, 1.82) is 0 Å². The quantitative estimate of drug-likeness (QED) is 0.458. The molecular weight excluding hydrogens is 388 g/mol. The summed E-state index contributed by atoms with van der Waals surface area (Å²) in [4.78, 5) is 16.7. The van der Waals surface area contributed by atoms with Gasteiger partial charge in [-0.25, -0.2) is 4.39 Å². The fourth-order valence-corrected chi connectivity index (χ4v) is 2.59. The van der Waals surface area contributed by atoms with E-state index in [4.69, 9.17) is 11.6 Å². The standard InChI is InChI=1S/C17H15ClF4N4O/c18-12-5-4-9(6-13(12)19)16(27)24-15(23-10-2-1-3-10)8-11-7-14(26-25-11)17(20,21)22/h4-7,10H,1-3,8H2,(H,25,26)(H,23,24,27). The van der Waals surface area contributed by atoms with E-state index in [1.807, 2.05) is 0 Å². The number of carbonyl (C=O) groups is 1. The highest BCUT2D eigenvalue weighted by atomic mass is 35.5. The minimum atomic E-state index is -4.57. The van der Waals surface area contributed by atoms with Gasteiger partial charge in [0.2, 0.25) is 0 Å². The third-order valence-corrected chi connectivity index (χ3v) is 4.44. The third kappa shape index (κ3) is 4.85. The molecule has 1 aliphatic rings. The predicted molar refractivity (Wildman–Crippen MR) is 91.2 cm³/mol. The average molecular weight is 403 g/mol. The zero-order chi connectivity index (χ0) is 19.6. The maximum absolute atomic E-state index is 13.6. The second kappa shape index (κ2) is 7.67. The van der Waals surface area contributed by atoms with Gasteiger partial charge in [0.1, 0.15) is 11.7 Å². The van der Waals surface area contributed by atoms with Crippen LogP contribution in [-0.2, 0) is 12.6 Å². The Bertz CT molecular complexity index is 874. The van der Waals surface area contributed by atoms with Crippen LogP contribution < -0.4 is 5.32 Å². The van der Waals surface area contributed by atoms with Gasteiger partial charge in [-0.3, -0.25) is 14.9 Å². The molecule has 1 fully saturated rings. The summed E-state index contributed by atoms with van der Waals surface area (Å²) in [6.07, 6.45) is -1.96. The van der Waals surface area contributed by atoms with Crippen molar-refractivity contribution >= 4 is 23.3 Å². The van der Waals surface area contributed by atoms with Gasteiger partial charge in [0.15, 0.2) is 5.69 Å². The predicted octanol–water partition coefficient (Wildman–Crippen LogP) is 4.14. The van der Waals surface area contributed by atoms with Crippen molar-refractivity contribution in [2.75, 3.05) is 0 Å². The Morgan fingerprint density at radius 1 is 1.33 bits per heavy atom. The molecular formula is C17H15ClF4N4O. The molecule has 1 aromatic heterocycles.